The first-order chi connectivity index (χ1) is 14.7. The lowest BCUT2D eigenvalue weighted by Crippen LogP contribution is -2.50. The Labute approximate surface area is 177 Å². The van der Waals surface area contributed by atoms with Gasteiger partial charge in [-0.1, -0.05) is 0 Å². The largest absolute Gasteiger partial charge is 0.336 e. The number of nitrogens with zero attached hydrogens (tertiary/aromatic N) is 3. The highest BCUT2D eigenvalue weighted by Crippen LogP contribution is 2.24. The number of carbonyl (C=O) groups excluding carboxylic acids is 1. The molecule has 6 nitrogen and oxygen atoms in total. The third-order valence-electron chi connectivity index (χ3n) is 5.17. The molecule has 10 heteroatoms. The van der Waals surface area contributed by atoms with Crippen molar-refractivity contribution in [3.63, 3.8) is 0 Å². The monoisotopic (exact) mass is 449 g/mol. The van der Waals surface area contributed by atoms with Gasteiger partial charge in [-0.2, -0.15) is 4.31 Å². The Bertz CT molecular complexity index is 1280. The molecular formula is C21H18F3N3O3S. The highest BCUT2D eigenvalue weighted by Gasteiger charge is 2.33. The summed E-state index contributed by atoms with van der Waals surface area (Å²) in [6.07, 6.45) is 0. The van der Waals surface area contributed by atoms with Gasteiger partial charge in [0.25, 0.3) is 5.91 Å². The molecule has 0 atom stereocenters. The second-order valence-corrected chi connectivity index (χ2v) is 9.15. The number of piperazine rings is 1. The van der Waals surface area contributed by atoms with Gasteiger partial charge < -0.3 is 4.90 Å². The number of carbonyl (C=O) groups is 1. The maximum Gasteiger partial charge on any atom is 0.254 e. The highest BCUT2D eigenvalue weighted by molar-refractivity contribution is 7.89. The molecule has 1 aromatic heterocycles. The molecule has 1 amide bonds. The fraction of sp³-hybridized carbons (Fsp3) is 0.238. The average molecular weight is 449 g/mol. The minimum absolute atomic E-state index is 0.0685. The maximum absolute atomic E-state index is 14.0. The molecule has 2 heterocycles. The highest BCUT2D eigenvalue weighted by atomic mass is 32.2. The molecule has 0 bridgehead atoms. The molecule has 0 aliphatic carbocycles. The van der Waals surface area contributed by atoms with E-state index in [0.29, 0.717) is 28.2 Å². The van der Waals surface area contributed by atoms with Crippen LogP contribution in [-0.4, -0.2) is 54.7 Å². The van der Waals surface area contributed by atoms with Gasteiger partial charge in [0, 0.05) is 43.3 Å². The van der Waals surface area contributed by atoms with Gasteiger partial charge >= 0.3 is 0 Å². The van der Waals surface area contributed by atoms with Crippen molar-refractivity contribution in [1.29, 1.82) is 0 Å². The van der Waals surface area contributed by atoms with Crippen molar-refractivity contribution in [2.45, 2.75) is 11.8 Å². The number of pyridine rings is 1. The number of aromatic nitrogens is 1. The quantitative estimate of drug-likeness (QED) is 0.616. The summed E-state index contributed by atoms with van der Waals surface area (Å²) in [6.45, 7) is 1.69. The summed E-state index contributed by atoms with van der Waals surface area (Å²) in [5, 5.41) is 0.494. The van der Waals surface area contributed by atoms with Crippen molar-refractivity contribution >= 4 is 26.8 Å². The fourth-order valence-corrected chi connectivity index (χ4v) is 5.12. The van der Waals surface area contributed by atoms with E-state index in [0.717, 1.165) is 16.4 Å². The van der Waals surface area contributed by atoms with E-state index in [1.165, 1.54) is 23.1 Å². The molecular weight excluding hydrogens is 431 g/mol. The molecule has 0 saturated carbocycles. The average Bonchev–Trinajstić information content (AvgIpc) is 2.74. The number of aryl methyl sites for hydroxylation is 1. The number of fused-ring (bicyclic) bond motifs is 1. The molecule has 1 aliphatic rings. The molecule has 0 N–H and O–H groups in total. The molecule has 1 aliphatic heterocycles. The van der Waals surface area contributed by atoms with Gasteiger partial charge in [0.1, 0.15) is 22.3 Å². The zero-order chi connectivity index (χ0) is 22.3. The van der Waals surface area contributed by atoms with Crippen LogP contribution in [-0.2, 0) is 10.0 Å². The van der Waals surface area contributed by atoms with E-state index in [1.807, 2.05) is 0 Å². The number of amides is 1. The Morgan fingerprint density at radius 3 is 2.29 bits per heavy atom. The topological polar surface area (TPSA) is 70.6 Å². The molecule has 2 aromatic carbocycles. The smallest absolute Gasteiger partial charge is 0.254 e. The Morgan fingerprint density at radius 2 is 1.58 bits per heavy atom. The Hall–Kier alpha value is -2.98. The van der Waals surface area contributed by atoms with Crippen LogP contribution in [0.15, 0.2) is 47.4 Å². The summed E-state index contributed by atoms with van der Waals surface area (Å²) < 4.78 is 67.5. The van der Waals surface area contributed by atoms with E-state index < -0.39 is 32.4 Å². The van der Waals surface area contributed by atoms with E-state index in [2.05, 4.69) is 4.98 Å². The second kappa shape index (κ2) is 7.93. The van der Waals surface area contributed by atoms with Crippen molar-refractivity contribution in [2.24, 2.45) is 0 Å². The van der Waals surface area contributed by atoms with E-state index >= 15 is 0 Å². The lowest BCUT2D eigenvalue weighted by molar-refractivity contribution is 0.0699. The first kappa shape index (κ1) is 21.3. The molecule has 0 unspecified atom stereocenters. The Kier molecular flexibility index (Phi) is 5.44. The van der Waals surface area contributed by atoms with Crippen molar-refractivity contribution < 1.29 is 26.4 Å². The third kappa shape index (κ3) is 4.00. The summed E-state index contributed by atoms with van der Waals surface area (Å²) >= 11 is 0. The first-order valence-electron chi connectivity index (χ1n) is 9.48. The second-order valence-electron chi connectivity index (χ2n) is 7.24. The van der Waals surface area contributed by atoms with Crippen LogP contribution >= 0.6 is 0 Å². The van der Waals surface area contributed by atoms with Crippen LogP contribution < -0.4 is 0 Å². The predicted molar refractivity (Wildman–Crippen MR) is 107 cm³/mol. The molecule has 0 radical (unpaired) electrons. The van der Waals surface area contributed by atoms with Crippen LogP contribution in [0.4, 0.5) is 13.2 Å². The molecule has 162 valence electrons. The van der Waals surface area contributed by atoms with Gasteiger partial charge in [0.05, 0.1) is 11.1 Å². The van der Waals surface area contributed by atoms with Crippen LogP contribution in [0.25, 0.3) is 10.9 Å². The summed E-state index contributed by atoms with van der Waals surface area (Å²) in [4.78, 5) is 18.1. The number of halogens is 3. The van der Waals surface area contributed by atoms with Crippen molar-refractivity contribution in [1.82, 2.24) is 14.2 Å². The molecule has 3 aromatic rings. The molecule has 1 fully saturated rings. The number of sulfonamides is 1. The van der Waals surface area contributed by atoms with Crippen molar-refractivity contribution in [2.75, 3.05) is 26.2 Å². The number of rotatable bonds is 3. The zero-order valence-electron chi connectivity index (χ0n) is 16.5. The Balaban J connectivity index is 1.56. The lowest BCUT2D eigenvalue weighted by Gasteiger charge is -2.34. The minimum Gasteiger partial charge on any atom is -0.336 e. The minimum atomic E-state index is -4.25. The third-order valence-corrected chi connectivity index (χ3v) is 7.08. The van der Waals surface area contributed by atoms with Crippen LogP contribution in [0.5, 0.6) is 0 Å². The van der Waals surface area contributed by atoms with Crippen LogP contribution in [0.2, 0.25) is 0 Å². The summed E-state index contributed by atoms with van der Waals surface area (Å²) in [5.41, 5.74) is 1.24. The van der Waals surface area contributed by atoms with Crippen LogP contribution in [0.3, 0.4) is 0 Å². The van der Waals surface area contributed by atoms with Gasteiger partial charge in [-0.05, 0) is 43.3 Å². The van der Waals surface area contributed by atoms with E-state index in [9.17, 15) is 26.4 Å². The van der Waals surface area contributed by atoms with Gasteiger partial charge in [-0.15, -0.1) is 0 Å². The van der Waals surface area contributed by atoms with Gasteiger partial charge in [-0.3, -0.25) is 9.78 Å². The molecule has 31 heavy (non-hydrogen) atoms. The van der Waals surface area contributed by atoms with Gasteiger partial charge in [-0.25, -0.2) is 21.6 Å². The van der Waals surface area contributed by atoms with Crippen molar-refractivity contribution in [3.05, 3.63) is 71.2 Å². The number of hydrogen-bond donors (Lipinski definition) is 0. The van der Waals surface area contributed by atoms with Crippen molar-refractivity contribution in [3.8, 4) is 0 Å². The molecule has 4 rings (SSSR count). The number of benzene rings is 2. The SMILES string of the molecule is Cc1cc(C(=O)N2CCN(S(=O)(=O)c3cc(F)ccc3F)CC2)c2ccc(F)cc2n1. The Morgan fingerprint density at radius 1 is 0.935 bits per heavy atom. The fourth-order valence-electron chi connectivity index (χ4n) is 3.63. The standard InChI is InChI=1S/C21H18F3N3O3S/c1-13-10-17(16-4-2-14(22)11-19(16)25-13)21(28)26-6-8-27(9-7-26)31(29,30)20-12-15(23)3-5-18(20)24/h2-5,10-12H,6-9H2,1H3. The van der Waals surface area contributed by atoms with Gasteiger partial charge in [0.2, 0.25) is 10.0 Å². The first-order valence-corrected chi connectivity index (χ1v) is 10.9. The van der Waals surface area contributed by atoms with E-state index in [-0.39, 0.29) is 32.1 Å². The van der Waals surface area contributed by atoms with E-state index in [4.69, 9.17) is 0 Å². The molecule has 0 spiro atoms. The summed E-state index contributed by atoms with van der Waals surface area (Å²) in [5.74, 6) is -2.69. The van der Waals surface area contributed by atoms with Crippen LogP contribution in [0.1, 0.15) is 16.1 Å². The maximum atomic E-state index is 14.0. The number of hydrogen-bond acceptors (Lipinski definition) is 4. The summed E-state index contributed by atoms with van der Waals surface area (Å²) in [7, 11) is -4.25. The van der Waals surface area contributed by atoms with E-state index in [1.54, 1.807) is 13.0 Å². The lowest BCUT2D eigenvalue weighted by atomic mass is 10.1. The van der Waals surface area contributed by atoms with Crippen LogP contribution in [0, 0.1) is 24.4 Å². The van der Waals surface area contributed by atoms with Gasteiger partial charge in [0.15, 0.2) is 0 Å². The molecule has 1 saturated heterocycles. The summed E-state index contributed by atoms with van der Waals surface area (Å²) in [6, 6.07) is 7.84. The normalized spacial score (nSPS) is 15.4. The zero-order valence-corrected chi connectivity index (χ0v) is 17.3. The predicted octanol–water partition coefficient (Wildman–Crippen LogP) is 3.11.